The number of aromatic nitrogens is 2. The third-order valence-corrected chi connectivity index (χ3v) is 3.22. The number of anilines is 1. The predicted octanol–water partition coefficient (Wildman–Crippen LogP) is 2.51. The topological polar surface area (TPSA) is 56.3 Å². The van der Waals surface area contributed by atoms with Crippen molar-refractivity contribution in [2.24, 2.45) is 0 Å². The van der Waals surface area contributed by atoms with Crippen LogP contribution in [0.3, 0.4) is 0 Å². The SMILES string of the molecule is COc1ncc(Cl)c(NC2CCOC(C)(C)C2)n1. The largest absolute Gasteiger partial charge is 0.467 e. The van der Waals surface area contributed by atoms with E-state index in [2.05, 4.69) is 29.1 Å². The third-order valence-electron chi connectivity index (χ3n) is 2.94. The standard InChI is InChI=1S/C12H18ClN3O2/c1-12(2)6-8(4-5-18-12)15-10-9(13)7-14-11(16-10)17-3/h7-8H,4-6H2,1-3H3,(H,14,15,16). The van der Waals surface area contributed by atoms with E-state index in [0.717, 1.165) is 19.4 Å². The summed E-state index contributed by atoms with van der Waals surface area (Å²) in [5, 5.41) is 3.84. The van der Waals surface area contributed by atoms with Crippen LogP contribution in [-0.2, 0) is 4.74 Å². The number of rotatable bonds is 3. The zero-order valence-corrected chi connectivity index (χ0v) is 11.6. The first kappa shape index (κ1) is 13.4. The molecule has 0 radical (unpaired) electrons. The Hall–Kier alpha value is -1.07. The summed E-state index contributed by atoms with van der Waals surface area (Å²) in [5.74, 6) is 0.617. The minimum atomic E-state index is -0.112. The lowest BCUT2D eigenvalue weighted by atomic mass is 9.94. The van der Waals surface area contributed by atoms with E-state index in [0.29, 0.717) is 22.9 Å². The molecule has 6 heteroatoms. The van der Waals surface area contributed by atoms with Crippen molar-refractivity contribution in [1.29, 1.82) is 0 Å². The van der Waals surface area contributed by atoms with E-state index < -0.39 is 0 Å². The Bertz CT molecular complexity index is 426. The van der Waals surface area contributed by atoms with Gasteiger partial charge in [-0.15, -0.1) is 0 Å². The van der Waals surface area contributed by atoms with Crippen molar-refractivity contribution in [3.8, 4) is 6.01 Å². The number of hydrogen-bond acceptors (Lipinski definition) is 5. The molecule has 0 spiro atoms. The Kier molecular flexibility index (Phi) is 3.92. The first-order valence-corrected chi connectivity index (χ1v) is 6.35. The molecule has 18 heavy (non-hydrogen) atoms. The van der Waals surface area contributed by atoms with Crippen molar-refractivity contribution >= 4 is 17.4 Å². The lowest BCUT2D eigenvalue weighted by Crippen LogP contribution is -2.40. The molecule has 2 heterocycles. The van der Waals surface area contributed by atoms with Crippen molar-refractivity contribution in [2.75, 3.05) is 19.0 Å². The average Bonchev–Trinajstić information content (AvgIpc) is 2.31. The van der Waals surface area contributed by atoms with E-state index in [1.165, 1.54) is 7.11 Å². The number of halogens is 1. The van der Waals surface area contributed by atoms with Crippen LogP contribution in [0.4, 0.5) is 5.82 Å². The van der Waals surface area contributed by atoms with Gasteiger partial charge in [0.15, 0.2) is 5.82 Å². The van der Waals surface area contributed by atoms with Gasteiger partial charge in [0.05, 0.1) is 18.9 Å². The highest BCUT2D eigenvalue weighted by Gasteiger charge is 2.29. The lowest BCUT2D eigenvalue weighted by Gasteiger charge is -2.36. The van der Waals surface area contributed by atoms with Crippen LogP contribution in [-0.4, -0.2) is 35.3 Å². The predicted molar refractivity (Wildman–Crippen MR) is 70.3 cm³/mol. The molecule has 1 aliphatic rings. The van der Waals surface area contributed by atoms with Crippen LogP contribution in [0.25, 0.3) is 0 Å². The fourth-order valence-corrected chi connectivity index (χ4v) is 2.24. The van der Waals surface area contributed by atoms with E-state index in [1.807, 2.05) is 0 Å². The minimum absolute atomic E-state index is 0.112. The highest BCUT2D eigenvalue weighted by atomic mass is 35.5. The molecule has 1 aromatic heterocycles. The van der Waals surface area contributed by atoms with Gasteiger partial charge in [-0.05, 0) is 26.7 Å². The highest BCUT2D eigenvalue weighted by Crippen LogP contribution is 2.28. The summed E-state index contributed by atoms with van der Waals surface area (Å²) in [7, 11) is 1.53. The Morgan fingerprint density at radius 1 is 1.56 bits per heavy atom. The first-order valence-electron chi connectivity index (χ1n) is 5.97. The Balaban J connectivity index is 2.09. The molecule has 5 nitrogen and oxygen atoms in total. The van der Waals surface area contributed by atoms with Gasteiger partial charge in [0.2, 0.25) is 0 Å². The molecule has 1 aliphatic heterocycles. The van der Waals surface area contributed by atoms with Gasteiger partial charge >= 0.3 is 6.01 Å². The maximum absolute atomic E-state index is 6.07. The van der Waals surface area contributed by atoms with Crippen molar-refractivity contribution in [1.82, 2.24) is 9.97 Å². The molecule has 0 saturated carbocycles. The van der Waals surface area contributed by atoms with Gasteiger partial charge in [-0.1, -0.05) is 11.6 Å². The quantitative estimate of drug-likeness (QED) is 0.915. The molecule has 0 bridgehead atoms. The third kappa shape index (κ3) is 3.23. The molecule has 0 aliphatic carbocycles. The molecular weight excluding hydrogens is 254 g/mol. The maximum Gasteiger partial charge on any atom is 0.318 e. The highest BCUT2D eigenvalue weighted by molar-refractivity contribution is 6.32. The summed E-state index contributed by atoms with van der Waals surface area (Å²) >= 11 is 6.07. The van der Waals surface area contributed by atoms with E-state index in [4.69, 9.17) is 21.1 Å². The molecule has 100 valence electrons. The maximum atomic E-state index is 6.07. The number of methoxy groups -OCH3 is 1. The van der Waals surface area contributed by atoms with Crippen LogP contribution < -0.4 is 10.1 Å². The minimum Gasteiger partial charge on any atom is -0.467 e. The average molecular weight is 272 g/mol. The van der Waals surface area contributed by atoms with E-state index in [-0.39, 0.29) is 5.60 Å². The van der Waals surface area contributed by atoms with Gasteiger partial charge in [-0.25, -0.2) is 4.98 Å². The van der Waals surface area contributed by atoms with E-state index >= 15 is 0 Å². The van der Waals surface area contributed by atoms with Crippen molar-refractivity contribution in [3.05, 3.63) is 11.2 Å². The fraction of sp³-hybridized carbons (Fsp3) is 0.667. The zero-order valence-electron chi connectivity index (χ0n) is 10.9. The molecule has 1 unspecified atom stereocenters. The second-order valence-electron chi connectivity index (χ2n) is 5.00. The smallest absolute Gasteiger partial charge is 0.318 e. The van der Waals surface area contributed by atoms with Crippen molar-refractivity contribution in [3.63, 3.8) is 0 Å². The summed E-state index contributed by atoms with van der Waals surface area (Å²) < 4.78 is 10.7. The van der Waals surface area contributed by atoms with Crippen LogP contribution in [0.15, 0.2) is 6.20 Å². The molecule has 1 N–H and O–H groups in total. The molecule has 0 aromatic carbocycles. The Morgan fingerprint density at radius 3 is 3.00 bits per heavy atom. The summed E-state index contributed by atoms with van der Waals surface area (Å²) in [6.07, 6.45) is 3.39. The Morgan fingerprint density at radius 2 is 2.33 bits per heavy atom. The van der Waals surface area contributed by atoms with Gasteiger partial charge in [0.1, 0.15) is 5.02 Å². The summed E-state index contributed by atoms with van der Waals surface area (Å²) in [6, 6.07) is 0.610. The van der Waals surface area contributed by atoms with Crippen LogP contribution in [0, 0.1) is 0 Å². The van der Waals surface area contributed by atoms with Crippen LogP contribution in [0.1, 0.15) is 26.7 Å². The monoisotopic (exact) mass is 271 g/mol. The number of nitrogens with zero attached hydrogens (tertiary/aromatic N) is 2. The van der Waals surface area contributed by atoms with Gasteiger partial charge in [-0.3, -0.25) is 0 Å². The van der Waals surface area contributed by atoms with Crippen molar-refractivity contribution < 1.29 is 9.47 Å². The molecule has 1 fully saturated rings. The van der Waals surface area contributed by atoms with Gasteiger partial charge in [-0.2, -0.15) is 4.98 Å². The summed E-state index contributed by atoms with van der Waals surface area (Å²) in [4.78, 5) is 8.16. The molecule has 1 saturated heterocycles. The van der Waals surface area contributed by atoms with Gasteiger partial charge in [0, 0.05) is 12.6 Å². The van der Waals surface area contributed by atoms with Gasteiger partial charge in [0.25, 0.3) is 0 Å². The molecule has 1 atom stereocenters. The molecule has 1 aromatic rings. The van der Waals surface area contributed by atoms with Gasteiger partial charge < -0.3 is 14.8 Å². The van der Waals surface area contributed by atoms with Crippen LogP contribution in [0.2, 0.25) is 5.02 Å². The molecule has 0 amide bonds. The molecular formula is C12H18ClN3O2. The van der Waals surface area contributed by atoms with Crippen LogP contribution in [0.5, 0.6) is 6.01 Å². The fourth-order valence-electron chi connectivity index (χ4n) is 2.10. The first-order chi connectivity index (χ1) is 8.50. The number of hydrogen-bond donors (Lipinski definition) is 1. The number of nitrogens with one attached hydrogen (secondary N) is 1. The lowest BCUT2D eigenvalue weighted by molar-refractivity contribution is -0.0553. The van der Waals surface area contributed by atoms with Crippen LogP contribution >= 0.6 is 11.6 Å². The second-order valence-corrected chi connectivity index (χ2v) is 5.40. The van der Waals surface area contributed by atoms with E-state index in [1.54, 1.807) is 6.20 Å². The van der Waals surface area contributed by atoms with E-state index in [9.17, 15) is 0 Å². The second kappa shape index (κ2) is 5.28. The normalized spacial score (nSPS) is 22.6. The summed E-state index contributed by atoms with van der Waals surface area (Å²) in [5.41, 5.74) is -0.112. The Labute approximate surface area is 112 Å². The zero-order chi connectivity index (χ0) is 13.2. The number of ether oxygens (including phenoxy) is 2. The summed E-state index contributed by atoms with van der Waals surface area (Å²) in [6.45, 7) is 4.91. The van der Waals surface area contributed by atoms with Crippen molar-refractivity contribution in [2.45, 2.75) is 38.3 Å². The molecule has 2 rings (SSSR count).